The van der Waals surface area contributed by atoms with E-state index in [4.69, 9.17) is 39.0 Å². The molecule has 0 aliphatic carbocycles. The summed E-state index contributed by atoms with van der Waals surface area (Å²) in [7, 11) is 0.965. The van der Waals surface area contributed by atoms with Crippen molar-refractivity contribution in [3.05, 3.63) is 59.7 Å². The van der Waals surface area contributed by atoms with Crippen LogP contribution in [0.25, 0.3) is 0 Å². The van der Waals surface area contributed by atoms with Gasteiger partial charge in [-0.05, 0) is 34.9 Å². The predicted molar refractivity (Wildman–Crippen MR) is 203 cm³/mol. The Bertz CT molecular complexity index is 1510. The molecular weight excluding hydrogens is 777 g/mol. The highest BCUT2D eigenvalue weighted by Crippen LogP contribution is 2.22. The van der Waals surface area contributed by atoms with Crippen LogP contribution in [0.3, 0.4) is 0 Å². The highest BCUT2D eigenvalue weighted by Gasteiger charge is 2.35. The number of ether oxygens (including phenoxy) is 4. The summed E-state index contributed by atoms with van der Waals surface area (Å²) in [6.07, 6.45) is 2.32. The zero-order valence-corrected chi connectivity index (χ0v) is 32.4. The summed E-state index contributed by atoms with van der Waals surface area (Å²) in [6.45, 7) is 5.65. The quantitative estimate of drug-likeness (QED) is 0.122. The van der Waals surface area contributed by atoms with Gasteiger partial charge in [-0.1, -0.05) is 56.0 Å². The summed E-state index contributed by atoms with van der Waals surface area (Å²) in [4.78, 5) is 83.9. The molecule has 3 aliphatic heterocycles. The van der Waals surface area contributed by atoms with Crippen LogP contribution in [0.2, 0.25) is 0 Å². The van der Waals surface area contributed by atoms with E-state index in [2.05, 4.69) is 19.5 Å². The number of benzene rings is 2. The molecule has 19 nitrogen and oxygen atoms in total. The van der Waals surface area contributed by atoms with Gasteiger partial charge in [0, 0.05) is 46.7 Å². The molecule has 2 aromatic carbocycles. The summed E-state index contributed by atoms with van der Waals surface area (Å²) in [5.41, 5.74) is 8.96. The SMILES string of the molecule is C.CC(=O)OCCCC(=O)NCC1OB(O)c2ccccc21.COC(C)=O.COC(C)=O.Cl.NCC1OB(O)c2ccccc21.O=C1CCCO1.O=C=O.O=C=O. The van der Waals surface area contributed by atoms with Gasteiger partial charge in [0.05, 0.1) is 39.6 Å². The monoisotopic (exact) mass is 828 g/mol. The van der Waals surface area contributed by atoms with Crippen LogP contribution in [0.4, 0.5) is 0 Å². The molecule has 57 heavy (non-hydrogen) atoms. The number of carbonyl (C=O) groups excluding carboxylic acids is 9. The summed E-state index contributed by atoms with van der Waals surface area (Å²) in [6, 6.07) is 15.0. The normalized spacial score (nSPS) is 14.2. The third-order valence-electron chi connectivity index (χ3n) is 6.72. The number of esters is 4. The zero-order chi connectivity index (χ0) is 42.2. The standard InChI is InChI=1S/C14H18BNO5.C8H10BNO2.C4H6O2.2C3H6O2.2CO2.CH4.ClH/c1-10(17)20-8-4-7-14(18)16-9-13-11-5-2-3-6-12(11)15(19)21-13;10-5-8-6-3-1-2-4-7(6)9(11)12-8;5-4-2-1-3-6-4;2*1-3(4)5-2;2*2-1-3;;/h2-3,5-6,13,19H,4,7-9H2,1H3,(H,16,18);1-4,8,11H,5,10H2;1-3H2;2*1-2H3;;;1H4;1H. The molecule has 1 amide bonds. The Kier molecular flexibility index (Phi) is 37.4. The summed E-state index contributed by atoms with van der Waals surface area (Å²) < 4.78 is 28.1. The average Bonchev–Trinajstić information content (AvgIpc) is 3.87. The van der Waals surface area contributed by atoms with E-state index in [0.717, 1.165) is 28.5 Å². The van der Waals surface area contributed by atoms with Crippen LogP contribution in [0.5, 0.6) is 0 Å². The Balaban J connectivity index is -0.000000330. The third kappa shape index (κ3) is 27.9. The van der Waals surface area contributed by atoms with Crippen molar-refractivity contribution in [3.63, 3.8) is 0 Å². The number of rotatable bonds is 7. The van der Waals surface area contributed by atoms with Gasteiger partial charge in [0.25, 0.3) is 0 Å². The molecule has 2 atom stereocenters. The van der Waals surface area contributed by atoms with Crippen molar-refractivity contribution in [2.24, 2.45) is 5.73 Å². The smallest absolute Gasteiger partial charge is 0.469 e. The molecule has 5 N–H and O–H groups in total. The summed E-state index contributed by atoms with van der Waals surface area (Å²) in [5.74, 6) is -1.02. The summed E-state index contributed by atoms with van der Waals surface area (Å²) in [5, 5.41) is 21.9. The molecule has 0 bridgehead atoms. The average molecular weight is 829 g/mol. The van der Waals surface area contributed by atoms with E-state index in [1.807, 2.05) is 42.5 Å². The lowest BCUT2D eigenvalue weighted by Crippen LogP contribution is -2.29. The number of halogens is 1. The van der Waals surface area contributed by atoms with Gasteiger partial charge >= 0.3 is 50.4 Å². The number of nitrogens with one attached hydrogen (secondary N) is 1. The topological polar surface area (TPSA) is 288 Å². The molecule has 0 saturated carbocycles. The Morgan fingerprint density at radius 2 is 1.25 bits per heavy atom. The first-order valence-corrected chi connectivity index (χ1v) is 16.4. The number of methoxy groups -OCH3 is 2. The van der Waals surface area contributed by atoms with Gasteiger partial charge in [-0.2, -0.15) is 19.2 Å². The van der Waals surface area contributed by atoms with Crippen LogP contribution < -0.4 is 22.0 Å². The maximum atomic E-state index is 11.7. The lowest BCUT2D eigenvalue weighted by atomic mass is 9.79. The summed E-state index contributed by atoms with van der Waals surface area (Å²) >= 11 is 0. The fourth-order valence-electron chi connectivity index (χ4n) is 4.22. The molecule has 0 aromatic heterocycles. The van der Waals surface area contributed by atoms with Gasteiger partial charge in [0.1, 0.15) is 0 Å². The van der Waals surface area contributed by atoms with Crippen LogP contribution in [-0.2, 0) is 71.4 Å². The van der Waals surface area contributed by atoms with Crippen LogP contribution in [-0.4, -0.2) is 107 Å². The predicted octanol–water partition coefficient (Wildman–Crippen LogP) is -0.118. The van der Waals surface area contributed by atoms with Gasteiger partial charge in [-0.3, -0.25) is 24.0 Å². The number of carbonyl (C=O) groups is 5. The molecule has 3 heterocycles. The number of nitrogens with two attached hydrogens (primary N) is 1. The number of hydrogen-bond donors (Lipinski definition) is 4. The molecule has 316 valence electrons. The van der Waals surface area contributed by atoms with E-state index in [1.54, 1.807) is 6.07 Å². The Morgan fingerprint density at radius 1 is 0.825 bits per heavy atom. The lowest BCUT2D eigenvalue weighted by molar-refractivity contribution is -0.193. The van der Waals surface area contributed by atoms with Gasteiger partial charge in [-0.15, -0.1) is 12.4 Å². The van der Waals surface area contributed by atoms with Gasteiger partial charge in [0.15, 0.2) is 0 Å². The fourth-order valence-corrected chi connectivity index (χ4v) is 4.22. The number of cyclic esters (lactones) is 1. The molecule has 2 unspecified atom stereocenters. The van der Waals surface area contributed by atoms with Crippen molar-refractivity contribution >= 4 is 79.7 Å². The van der Waals surface area contributed by atoms with Crippen molar-refractivity contribution in [1.29, 1.82) is 0 Å². The van der Waals surface area contributed by atoms with E-state index in [-0.39, 0.29) is 87.2 Å². The van der Waals surface area contributed by atoms with Crippen molar-refractivity contribution in [3.8, 4) is 0 Å². The zero-order valence-electron chi connectivity index (χ0n) is 31.6. The third-order valence-corrected chi connectivity index (χ3v) is 6.72. The highest BCUT2D eigenvalue weighted by atomic mass is 35.5. The van der Waals surface area contributed by atoms with E-state index in [9.17, 15) is 34.0 Å². The lowest BCUT2D eigenvalue weighted by Gasteiger charge is -2.13. The van der Waals surface area contributed by atoms with Gasteiger partial charge in [0.2, 0.25) is 5.91 Å². The first kappa shape index (κ1) is 58.5. The van der Waals surface area contributed by atoms with Crippen molar-refractivity contribution in [1.82, 2.24) is 5.32 Å². The van der Waals surface area contributed by atoms with Gasteiger partial charge in [-0.25, -0.2) is 0 Å². The minimum absolute atomic E-state index is 0. The van der Waals surface area contributed by atoms with E-state index >= 15 is 0 Å². The van der Waals surface area contributed by atoms with Gasteiger partial charge < -0.3 is 49.4 Å². The molecule has 22 heteroatoms. The number of amides is 1. The van der Waals surface area contributed by atoms with Crippen molar-refractivity contribution in [2.75, 3.05) is 40.5 Å². The van der Waals surface area contributed by atoms with Crippen LogP contribution >= 0.6 is 12.4 Å². The molecule has 1 saturated heterocycles. The van der Waals surface area contributed by atoms with Crippen LogP contribution in [0.15, 0.2) is 48.5 Å². The Hall–Kier alpha value is -5.23. The Morgan fingerprint density at radius 3 is 1.60 bits per heavy atom. The Labute approximate surface area is 337 Å². The molecule has 0 radical (unpaired) electrons. The molecule has 0 spiro atoms. The van der Waals surface area contributed by atoms with E-state index in [0.29, 0.717) is 32.5 Å². The molecular formula is C35H51B2ClN2O17. The number of fused-ring (bicyclic) bond motifs is 2. The van der Waals surface area contributed by atoms with Crippen LogP contribution in [0, 0.1) is 0 Å². The highest BCUT2D eigenvalue weighted by molar-refractivity contribution is 6.62. The van der Waals surface area contributed by atoms with Crippen molar-refractivity contribution in [2.45, 2.75) is 66.1 Å². The maximum Gasteiger partial charge on any atom is 0.492 e. The molecule has 5 rings (SSSR count). The fraction of sp³-hybridized carbons (Fsp3) is 0.457. The molecule has 1 fully saturated rings. The minimum atomic E-state index is -0.938. The largest absolute Gasteiger partial charge is 0.492 e. The van der Waals surface area contributed by atoms with E-state index in [1.165, 1.54) is 35.0 Å². The second-order valence-electron chi connectivity index (χ2n) is 10.6. The second-order valence-corrected chi connectivity index (χ2v) is 10.6. The molecule has 2 aromatic rings. The first-order valence-electron chi connectivity index (χ1n) is 16.4. The van der Waals surface area contributed by atoms with E-state index < -0.39 is 14.2 Å². The maximum absolute atomic E-state index is 11.7. The number of hydrogen-bond acceptors (Lipinski definition) is 18. The molecule has 3 aliphatic rings. The minimum Gasteiger partial charge on any atom is -0.469 e. The van der Waals surface area contributed by atoms with Crippen LogP contribution in [0.1, 0.15) is 77.2 Å². The first-order chi connectivity index (χ1) is 26.2. The van der Waals surface area contributed by atoms with Crippen molar-refractivity contribution < 1.29 is 81.5 Å². The second kappa shape index (κ2) is 36.4.